The molecule has 3 rings (SSSR count). The Bertz CT molecular complexity index is 432. The quantitative estimate of drug-likeness (QED) is 0.707. The van der Waals surface area contributed by atoms with E-state index in [1.165, 1.54) is 0 Å². The molecular weight excluding hydrogens is 220 g/mol. The predicted octanol–water partition coefficient (Wildman–Crippen LogP) is 0.704. The molecule has 3 heterocycles. The highest BCUT2D eigenvalue weighted by Gasteiger charge is 2.44. The van der Waals surface area contributed by atoms with Crippen molar-refractivity contribution >= 4 is 5.91 Å². The summed E-state index contributed by atoms with van der Waals surface area (Å²) in [4.78, 5) is 18.0. The number of hydrogen-bond acceptors (Lipinski definition) is 4. The summed E-state index contributed by atoms with van der Waals surface area (Å²) in [6.45, 7) is 1.47. The first-order valence-electron chi connectivity index (χ1n) is 5.72. The summed E-state index contributed by atoms with van der Waals surface area (Å²) in [6.07, 6.45) is 3.16. The van der Waals surface area contributed by atoms with Crippen LogP contribution in [-0.2, 0) is 4.74 Å². The maximum absolute atomic E-state index is 12.2. The van der Waals surface area contributed by atoms with E-state index in [1.54, 1.807) is 25.4 Å². The summed E-state index contributed by atoms with van der Waals surface area (Å²) in [5.41, 5.74) is 0.602. The minimum Gasteiger partial charge on any atom is -0.481 e. The van der Waals surface area contributed by atoms with Crippen molar-refractivity contribution in [3.63, 3.8) is 0 Å². The predicted molar refractivity (Wildman–Crippen MR) is 60.0 cm³/mol. The monoisotopic (exact) mass is 234 g/mol. The van der Waals surface area contributed by atoms with Gasteiger partial charge in [-0.25, -0.2) is 4.98 Å². The van der Waals surface area contributed by atoms with Gasteiger partial charge in [0.2, 0.25) is 5.88 Å². The third-order valence-electron chi connectivity index (χ3n) is 3.25. The Kier molecular flexibility index (Phi) is 2.48. The van der Waals surface area contributed by atoms with Crippen LogP contribution in [0.15, 0.2) is 18.3 Å². The van der Waals surface area contributed by atoms with Gasteiger partial charge in [0, 0.05) is 25.4 Å². The lowest BCUT2D eigenvalue weighted by atomic mass is 10.1. The number of amides is 1. The summed E-state index contributed by atoms with van der Waals surface area (Å²) in [5, 5.41) is 0. The van der Waals surface area contributed by atoms with Gasteiger partial charge in [0.1, 0.15) is 6.10 Å². The molecule has 2 aliphatic rings. The zero-order valence-electron chi connectivity index (χ0n) is 9.63. The molecule has 5 nitrogen and oxygen atoms in total. The molecule has 0 saturated carbocycles. The molecule has 0 N–H and O–H groups in total. The van der Waals surface area contributed by atoms with Crippen molar-refractivity contribution in [1.82, 2.24) is 9.88 Å². The first-order chi connectivity index (χ1) is 8.28. The van der Waals surface area contributed by atoms with Crippen molar-refractivity contribution in [1.29, 1.82) is 0 Å². The van der Waals surface area contributed by atoms with Gasteiger partial charge in [0.25, 0.3) is 5.91 Å². The Morgan fingerprint density at radius 2 is 2.41 bits per heavy atom. The van der Waals surface area contributed by atoms with E-state index in [2.05, 4.69) is 4.98 Å². The number of carbonyl (C=O) groups excluding carboxylic acids is 1. The number of epoxide rings is 1. The summed E-state index contributed by atoms with van der Waals surface area (Å²) in [7, 11) is 1.55. The molecular formula is C12H14N2O3. The van der Waals surface area contributed by atoms with Gasteiger partial charge in [-0.15, -0.1) is 0 Å². The van der Waals surface area contributed by atoms with Crippen molar-refractivity contribution < 1.29 is 14.3 Å². The van der Waals surface area contributed by atoms with Crippen LogP contribution in [-0.4, -0.2) is 48.2 Å². The SMILES string of the molecule is COc1ccc(C(=O)N2CC[C@@H]3O[C@H]3C2)cn1. The van der Waals surface area contributed by atoms with E-state index in [-0.39, 0.29) is 12.0 Å². The second kappa shape index (κ2) is 4.00. The zero-order chi connectivity index (χ0) is 11.8. The Morgan fingerprint density at radius 3 is 3.06 bits per heavy atom. The van der Waals surface area contributed by atoms with Crippen LogP contribution < -0.4 is 4.74 Å². The molecule has 1 aromatic rings. The van der Waals surface area contributed by atoms with Crippen LogP contribution in [0.2, 0.25) is 0 Å². The van der Waals surface area contributed by atoms with Crippen LogP contribution in [0, 0.1) is 0 Å². The maximum atomic E-state index is 12.2. The van der Waals surface area contributed by atoms with Crippen LogP contribution in [0.5, 0.6) is 5.88 Å². The molecule has 0 spiro atoms. The topological polar surface area (TPSA) is 55.0 Å². The largest absolute Gasteiger partial charge is 0.481 e. The molecule has 2 saturated heterocycles. The Morgan fingerprint density at radius 1 is 1.53 bits per heavy atom. The third-order valence-corrected chi connectivity index (χ3v) is 3.25. The van der Waals surface area contributed by atoms with Crippen molar-refractivity contribution in [3.8, 4) is 5.88 Å². The van der Waals surface area contributed by atoms with E-state index in [0.29, 0.717) is 24.1 Å². The molecule has 90 valence electrons. The Balaban J connectivity index is 1.71. The van der Waals surface area contributed by atoms with Gasteiger partial charge >= 0.3 is 0 Å². The fraction of sp³-hybridized carbons (Fsp3) is 0.500. The van der Waals surface area contributed by atoms with Gasteiger partial charge < -0.3 is 14.4 Å². The number of pyridine rings is 1. The Hall–Kier alpha value is -1.62. The van der Waals surface area contributed by atoms with E-state index in [1.807, 2.05) is 4.90 Å². The lowest BCUT2D eigenvalue weighted by Crippen LogP contribution is -2.39. The molecule has 2 fully saturated rings. The van der Waals surface area contributed by atoms with Gasteiger partial charge in [0.05, 0.1) is 18.8 Å². The second-order valence-corrected chi connectivity index (χ2v) is 4.34. The number of ether oxygens (including phenoxy) is 2. The number of aromatic nitrogens is 1. The fourth-order valence-corrected chi connectivity index (χ4v) is 2.18. The fourth-order valence-electron chi connectivity index (χ4n) is 2.18. The van der Waals surface area contributed by atoms with Crippen LogP contribution >= 0.6 is 0 Å². The normalized spacial score (nSPS) is 26.3. The minimum absolute atomic E-state index is 0.0223. The lowest BCUT2D eigenvalue weighted by Gasteiger charge is -2.24. The highest BCUT2D eigenvalue weighted by atomic mass is 16.6. The number of nitrogens with zero attached hydrogens (tertiary/aromatic N) is 2. The molecule has 0 bridgehead atoms. The van der Waals surface area contributed by atoms with Gasteiger partial charge in [-0.1, -0.05) is 0 Å². The average Bonchev–Trinajstić information content (AvgIpc) is 3.16. The summed E-state index contributed by atoms with van der Waals surface area (Å²) >= 11 is 0. The van der Waals surface area contributed by atoms with E-state index in [9.17, 15) is 4.79 Å². The van der Waals surface area contributed by atoms with Crippen LogP contribution in [0.3, 0.4) is 0 Å². The second-order valence-electron chi connectivity index (χ2n) is 4.34. The van der Waals surface area contributed by atoms with Crippen molar-refractivity contribution in [3.05, 3.63) is 23.9 Å². The molecule has 0 radical (unpaired) electrons. The van der Waals surface area contributed by atoms with Crippen molar-refractivity contribution in [2.24, 2.45) is 0 Å². The third kappa shape index (κ3) is 1.98. The number of carbonyl (C=O) groups is 1. The highest BCUT2D eigenvalue weighted by Crippen LogP contribution is 2.31. The van der Waals surface area contributed by atoms with Crippen LogP contribution in [0.25, 0.3) is 0 Å². The first kappa shape index (κ1) is 10.5. The smallest absolute Gasteiger partial charge is 0.255 e. The molecule has 1 aromatic heterocycles. The number of rotatable bonds is 2. The number of piperidine rings is 1. The average molecular weight is 234 g/mol. The highest BCUT2D eigenvalue weighted by molar-refractivity contribution is 5.94. The standard InChI is InChI=1S/C12H14N2O3/c1-16-11-3-2-8(6-13-11)12(15)14-5-4-9-10(7-14)17-9/h2-3,6,9-10H,4-5,7H2,1H3/t9-,10-/m0/s1. The molecule has 2 aliphatic heterocycles. The van der Waals surface area contributed by atoms with Gasteiger partial charge in [-0.05, 0) is 12.5 Å². The number of fused-ring (bicyclic) bond motifs is 1. The maximum Gasteiger partial charge on any atom is 0.255 e. The summed E-state index contributed by atoms with van der Waals surface area (Å²) in [5.74, 6) is 0.542. The van der Waals surface area contributed by atoms with Gasteiger partial charge in [0.15, 0.2) is 0 Å². The lowest BCUT2D eigenvalue weighted by molar-refractivity contribution is 0.0736. The van der Waals surface area contributed by atoms with Crippen molar-refractivity contribution in [2.45, 2.75) is 18.6 Å². The molecule has 5 heteroatoms. The molecule has 0 aromatic carbocycles. The number of methoxy groups -OCH3 is 1. The molecule has 17 heavy (non-hydrogen) atoms. The van der Waals surface area contributed by atoms with Crippen molar-refractivity contribution in [2.75, 3.05) is 20.2 Å². The zero-order valence-corrected chi connectivity index (χ0v) is 9.63. The van der Waals surface area contributed by atoms with E-state index >= 15 is 0 Å². The van der Waals surface area contributed by atoms with Crippen LogP contribution in [0.1, 0.15) is 16.8 Å². The first-order valence-corrected chi connectivity index (χ1v) is 5.72. The van der Waals surface area contributed by atoms with Gasteiger partial charge in [-0.3, -0.25) is 4.79 Å². The molecule has 1 amide bonds. The minimum atomic E-state index is 0.0223. The molecule has 0 aliphatic carbocycles. The number of likely N-dealkylation sites (tertiary alicyclic amines) is 1. The van der Waals surface area contributed by atoms with Gasteiger partial charge in [-0.2, -0.15) is 0 Å². The Labute approximate surface area is 99.3 Å². The summed E-state index contributed by atoms with van der Waals surface area (Å²) in [6, 6.07) is 3.45. The van der Waals surface area contributed by atoms with E-state index < -0.39 is 0 Å². The molecule has 0 unspecified atom stereocenters. The number of hydrogen-bond donors (Lipinski definition) is 0. The van der Waals surface area contributed by atoms with Crippen LogP contribution in [0.4, 0.5) is 0 Å². The van der Waals surface area contributed by atoms with E-state index in [0.717, 1.165) is 13.0 Å². The summed E-state index contributed by atoms with van der Waals surface area (Å²) < 4.78 is 10.4. The molecule has 2 atom stereocenters. The van der Waals surface area contributed by atoms with E-state index in [4.69, 9.17) is 9.47 Å².